The molecule has 0 bridgehead atoms. The molecule has 0 fully saturated rings. The normalized spacial score (nSPS) is 9.40. The highest BCUT2D eigenvalue weighted by molar-refractivity contribution is 5.61. The van der Waals surface area contributed by atoms with E-state index < -0.39 is 0 Å². The fourth-order valence-electron chi connectivity index (χ4n) is 1.12. The standard InChI is InChI=1S/C10H14N4O/c1-12-10-5-9(13-3-4-15-2)8(6-11)7-14-10/h5,7H,3-4H2,1-2H3,(H2,12,13,14). The lowest BCUT2D eigenvalue weighted by atomic mass is 10.2. The Morgan fingerprint density at radius 2 is 2.40 bits per heavy atom. The van der Waals surface area contributed by atoms with Crippen molar-refractivity contribution >= 4 is 11.5 Å². The van der Waals surface area contributed by atoms with Gasteiger partial charge < -0.3 is 15.4 Å². The zero-order valence-corrected chi connectivity index (χ0v) is 8.87. The van der Waals surface area contributed by atoms with Crippen LogP contribution in [-0.2, 0) is 4.74 Å². The highest BCUT2D eigenvalue weighted by Crippen LogP contribution is 2.16. The molecule has 0 aliphatic heterocycles. The molecule has 1 aromatic heterocycles. The minimum absolute atomic E-state index is 0.533. The molecule has 0 saturated heterocycles. The van der Waals surface area contributed by atoms with E-state index in [1.54, 1.807) is 26.4 Å². The van der Waals surface area contributed by atoms with Crippen LogP contribution in [-0.4, -0.2) is 32.3 Å². The molecule has 0 atom stereocenters. The highest BCUT2D eigenvalue weighted by Gasteiger charge is 2.03. The summed E-state index contributed by atoms with van der Waals surface area (Å²) < 4.78 is 4.92. The van der Waals surface area contributed by atoms with Gasteiger partial charge in [0, 0.05) is 33.0 Å². The van der Waals surface area contributed by atoms with Crippen LogP contribution in [0.4, 0.5) is 11.5 Å². The molecular weight excluding hydrogens is 192 g/mol. The Kier molecular flexibility index (Phi) is 4.38. The van der Waals surface area contributed by atoms with Crippen LogP contribution in [0.1, 0.15) is 5.56 Å². The Morgan fingerprint density at radius 1 is 1.60 bits per heavy atom. The number of nitrogens with one attached hydrogen (secondary N) is 2. The van der Waals surface area contributed by atoms with E-state index in [1.807, 2.05) is 0 Å². The van der Waals surface area contributed by atoms with E-state index in [0.717, 1.165) is 11.5 Å². The summed E-state index contributed by atoms with van der Waals surface area (Å²) in [6.07, 6.45) is 1.54. The highest BCUT2D eigenvalue weighted by atomic mass is 16.5. The first kappa shape index (κ1) is 11.3. The lowest BCUT2D eigenvalue weighted by Gasteiger charge is -2.08. The summed E-state index contributed by atoms with van der Waals surface area (Å²) in [5, 5.41) is 14.9. The molecule has 1 heterocycles. The van der Waals surface area contributed by atoms with E-state index in [9.17, 15) is 0 Å². The van der Waals surface area contributed by atoms with Crippen molar-refractivity contribution < 1.29 is 4.74 Å². The molecule has 5 nitrogen and oxygen atoms in total. The Bertz CT molecular complexity index is 359. The molecule has 0 spiro atoms. The molecule has 80 valence electrons. The summed E-state index contributed by atoms with van der Waals surface area (Å²) in [7, 11) is 3.42. The Hall–Kier alpha value is -1.80. The average molecular weight is 206 g/mol. The first-order valence-corrected chi connectivity index (χ1v) is 4.62. The maximum atomic E-state index is 8.86. The van der Waals surface area contributed by atoms with Crippen LogP contribution in [0.15, 0.2) is 12.3 Å². The number of nitrogens with zero attached hydrogens (tertiary/aromatic N) is 2. The molecule has 0 aliphatic carbocycles. The number of hydrogen-bond donors (Lipinski definition) is 2. The van der Waals surface area contributed by atoms with Crippen molar-refractivity contribution in [3.63, 3.8) is 0 Å². The third-order valence-corrected chi connectivity index (χ3v) is 1.90. The van der Waals surface area contributed by atoms with Gasteiger partial charge in [-0.05, 0) is 0 Å². The number of methoxy groups -OCH3 is 1. The molecule has 15 heavy (non-hydrogen) atoms. The molecule has 5 heteroatoms. The molecule has 0 saturated carbocycles. The molecule has 0 unspecified atom stereocenters. The second-order valence-corrected chi connectivity index (χ2v) is 2.90. The van der Waals surface area contributed by atoms with Gasteiger partial charge >= 0.3 is 0 Å². The number of nitriles is 1. The quantitative estimate of drug-likeness (QED) is 0.705. The van der Waals surface area contributed by atoms with Crippen LogP contribution >= 0.6 is 0 Å². The zero-order chi connectivity index (χ0) is 11.1. The molecular formula is C10H14N4O. The van der Waals surface area contributed by atoms with Gasteiger partial charge in [0.1, 0.15) is 11.9 Å². The van der Waals surface area contributed by atoms with Gasteiger partial charge in [-0.15, -0.1) is 0 Å². The lowest BCUT2D eigenvalue weighted by Crippen LogP contribution is -2.09. The first-order chi connectivity index (χ1) is 7.31. The summed E-state index contributed by atoms with van der Waals surface area (Å²) in [5.41, 5.74) is 1.30. The van der Waals surface area contributed by atoms with Crippen LogP contribution in [0.2, 0.25) is 0 Å². The van der Waals surface area contributed by atoms with Crippen molar-refractivity contribution in [3.05, 3.63) is 17.8 Å². The van der Waals surface area contributed by atoms with Crippen LogP contribution in [0.5, 0.6) is 0 Å². The van der Waals surface area contributed by atoms with Crippen LogP contribution in [0, 0.1) is 11.3 Å². The van der Waals surface area contributed by atoms with Crippen molar-refractivity contribution in [2.45, 2.75) is 0 Å². The van der Waals surface area contributed by atoms with Gasteiger partial charge in [0.2, 0.25) is 0 Å². The lowest BCUT2D eigenvalue weighted by molar-refractivity contribution is 0.211. The summed E-state index contributed by atoms with van der Waals surface area (Å²) >= 11 is 0. The van der Waals surface area contributed by atoms with Crippen molar-refractivity contribution in [1.82, 2.24) is 4.98 Å². The second kappa shape index (κ2) is 5.83. The average Bonchev–Trinajstić information content (AvgIpc) is 2.29. The summed E-state index contributed by atoms with van der Waals surface area (Å²) in [6.45, 7) is 1.26. The van der Waals surface area contributed by atoms with Gasteiger partial charge in [0.15, 0.2) is 0 Å². The Balaban J connectivity index is 2.78. The number of hydrogen-bond acceptors (Lipinski definition) is 5. The van der Waals surface area contributed by atoms with Gasteiger partial charge in [0.05, 0.1) is 17.9 Å². The molecule has 0 amide bonds. The largest absolute Gasteiger partial charge is 0.383 e. The zero-order valence-electron chi connectivity index (χ0n) is 8.87. The van der Waals surface area contributed by atoms with E-state index >= 15 is 0 Å². The number of ether oxygens (including phenoxy) is 1. The number of pyridine rings is 1. The molecule has 0 aliphatic rings. The summed E-state index contributed by atoms with van der Waals surface area (Å²) in [5.74, 6) is 0.730. The van der Waals surface area contributed by atoms with Gasteiger partial charge in [-0.25, -0.2) is 4.98 Å². The SMILES string of the molecule is CNc1cc(NCCOC)c(C#N)cn1. The topological polar surface area (TPSA) is 70.0 Å². The van der Waals surface area contributed by atoms with Crippen LogP contribution in [0.25, 0.3) is 0 Å². The monoisotopic (exact) mass is 206 g/mol. The summed E-state index contributed by atoms with van der Waals surface area (Å²) in [6, 6.07) is 3.88. The van der Waals surface area contributed by atoms with Crippen molar-refractivity contribution in [3.8, 4) is 6.07 Å². The minimum atomic E-state index is 0.533. The predicted molar refractivity (Wildman–Crippen MR) is 58.9 cm³/mol. The van der Waals surface area contributed by atoms with Crippen molar-refractivity contribution in [2.24, 2.45) is 0 Å². The van der Waals surface area contributed by atoms with Gasteiger partial charge in [-0.1, -0.05) is 0 Å². The van der Waals surface area contributed by atoms with Crippen LogP contribution < -0.4 is 10.6 Å². The van der Waals surface area contributed by atoms with E-state index in [4.69, 9.17) is 10.00 Å². The van der Waals surface area contributed by atoms with E-state index in [0.29, 0.717) is 18.7 Å². The molecule has 0 radical (unpaired) electrons. The number of rotatable bonds is 5. The number of aromatic nitrogens is 1. The maximum Gasteiger partial charge on any atom is 0.127 e. The Morgan fingerprint density at radius 3 is 3.00 bits per heavy atom. The molecule has 0 aromatic carbocycles. The molecule has 1 aromatic rings. The van der Waals surface area contributed by atoms with Gasteiger partial charge in [-0.3, -0.25) is 0 Å². The Labute approximate surface area is 89.1 Å². The third-order valence-electron chi connectivity index (χ3n) is 1.90. The third kappa shape index (κ3) is 3.11. The predicted octanol–water partition coefficient (Wildman–Crippen LogP) is 1.05. The van der Waals surface area contributed by atoms with Gasteiger partial charge in [-0.2, -0.15) is 5.26 Å². The first-order valence-electron chi connectivity index (χ1n) is 4.62. The maximum absolute atomic E-state index is 8.86. The van der Waals surface area contributed by atoms with Gasteiger partial charge in [0.25, 0.3) is 0 Å². The number of anilines is 2. The van der Waals surface area contributed by atoms with E-state index in [2.05, 4.69) is 21.7 Å². The summed E-state index contributed by atoms with van der Waals surface area (Å²) in [4.78, 5) is 4.05. The second-order valence-electron chi connectivity index (χ2n) is 2.90. The fraction of sp³-hybridized carbons (Fsp3) is 0.400. The van der Waals surface area contributed by atoms with Crippen molar-refractivity contribution in [2.75, 3.05) is 37.9 Å². The molecule has 2 N–H and O–H groups in total. The van der Waals surface area contributed by atoms with Crippen LogP contribution in [0.3, 0.4) is 0 Å². The van der Waals surface area contributed by atoms with E-state index in [-0.39, 0.29) is 0 Å². The molecule has 1 rings (SSSR count). The van der Waals surface area contributed by atoms with Crippen molar-refractivity contribution in [1.29, 1.82) is 5.26 Å². The smallest absolute Gasteiger partial charge is 0.127 e. The minimum Gasteiger partial charge on any atom is -0.383 e. The fourth-order valence-corrected chi connectivity index (χ4v) is 1.12. The van der Waals surface area contributed by atoms with E-state index in [1.165, 1.54) is 0 Å².